The molecule has 0 aliphatic rings. The third-order valence-corrected chi connectivity index (χ3v) is 17.0. The summed E-state index contributed by atoms with van der Waals surface area (Å²) in [7, 11) is 0. The summed E-state index contributed by atoms with van der Waals surface area (Å²) in [6, 6.07) is 115. The minimum Gasteiger partial charge on any atom is -0.310 e. The Morgan fingerprint density at radius 1 is 0.307 bits per heavy atom. The predicted octanol–water partition coefficient (Wildman–Crippen LogP) is 23.4. The Labute approximate surface area is 513 Å². The fraction of sp³-hybridized carbons (Fsp3) is 0.0119. The highest BCUT2D eigenvalue weighted by atomic mass is 15.1. The first-order valence-electron chi connectivity index (χ1n) is 30.1. The fourth-order valence-electron chi connectivity index (χ4n) is 13.3. The van der Waals surface area contributed by atoms with Crippen LogP contribution in [-0.2, 0) is 0 Å². The first-order chi connectivity index (χ1) is 43.6. The van der Waals surface area contributed by atoms with Crippen LogP contribution in [0.3, 0.4) is 0 Å². The molecule has 0 aliphatic heterocycles. The highest BCUT2D eigenvalue weighted by Gasteiger charge is 2.24. The van der Waals surface area contributed by atoms with Gasteiger partial charge in [0.2, 0.25) is 0 Å². The number of aromatic nitrogens is 2. The van der Waals surface area contributed by atoms with Gasteiger partial charge in [-0.1, -0.05) is 231 Å². The van der Waals surface area contributed by atoms with E-state index in [1.807, 2.05) is 13.0 Å². The van der Waals surface area contributed by atoms with Crippen LogP contribution in [0.1, 0.15) is 18.3 Å². The van der Waals surface area contributed by atoms with Crippen molar-refractivity contribution in [1.82, 2.24) is 9.55 Å². The Kier molecular flexibility index (Phi) is 14.0. The first kappa shape index (κ1) is 53.2. The lowest BCUT2D eigenvalue weighted by Crippen LogP contribution is -2.09. The Morgan fingerprint density at radius 3 is 1.05 bits per heavy atom. The predicted molar refractivity (Wildman–Crippen MR) is 375 cm³/mol. The number of anilines is 6. The van der Waals surface area contributed by atoms with E-state index in [2.05, 4.69) is 349 Å². The molecule has 88 heavy (non-hydrogen) atoms. The molecule has 0 fully saturated rings. The number of rotatable bonds is 14. The Hall–Kier alpha value is -11.6. The number of benzene rings is 14. The van der Waals surface area contributed by atoms with Crippen molar-refractivity contribution in [1.29, 1.82) is 0 Å². The van der Waals surface area contributed by atoms with Gasteiger partial charge in [-0.15, -0.1) is 0 Å². The van der Waals surface area contributed by atoms with Crippen molar-refractivity contribution in [2.75, 3.05) is 9.80 Å². The van der Waals surface area contributed by atoms with Gasteiger partial charge in [-0.2, -0.15) is 0 Å². The molecule has 0 saturated heterocycles. The van der Waals surface area contributed by atoms with Gasteiger partial charge in [0.15, 0.2) is 0 Å². The van der Waals surface area contributed by atoms with Crippen molar-refractivity contribution >= 4 is 89.4 Å². The molecular formula is C84H60N4. The normalized spacial score (nSPS) is 11.5. The zero-order valence-corrected chi connectivity index (χ0v) is 48.8. The van der Waals surface area contributed by atoms with E-state index in [4.69, 9.17) is 4.98 Å². The van der Waals surface area contributed by atoms with Crippen molar-refractivity contribution in [3.8, 4) is 61.6 Å². The quantitative estimate of drug-likeness (QED) is 0.101. The van der Waals surface area contributed by atoms with Crippen LogP contribution in [-0.4, -0.2) is 9.55 Å². The van der Waals surface area contributed by atoms with Gasteiger partial charge in [-0.25, -0.2) is 4.98 Å². The van der Waals surface area contributed by atoms with Crippen LogP contribution in [0.25, 0.3) is 117 Å². The second kappa shape index (κ2) is 23.1. The van der Waals surface area contributed by atoms with Gasteiger partial charge in [0.05, 0.1) is 11.4 Å². The Balaban J connectivity index is 0.976. The molecule has 0 atom stereocenters. The molecule has 0 unspecified atom stereocenters. The number of nitrogens with zero attached hydrogens (tertiary/aromatic N) is 4. The molecule has 0 spiro atoms. The van der Waals surface area contributed by atoms with Gasteiger partial charge in [0, 0.05) is 45.4 Å². The molecule has 0 N–H and O–H groups in total. The van der Waals surface area contributed by atoms with Gasteiger partial charge in [-0.3, -0.25) is 4.57 Å². The summed E-state index contributed by atoms with van der Waals surface area (Å²) in [6.07, 6.45) is 6.04. The summed E-state index contributed by atoms with van der Waals surface area (Å²) >= 11 is 0. The van der Waals surface area contributed by atoms with E-state index >= 15 is 0 Å². The second-order valence-corrected chi connectivity index (χ2v) is 22.2. The van der Waals surface area contributed by atoms with Crippen LogP contribution in [0.4, 0.5) is 34.1 Å². The van der Waals surface area contributed by atoms with Crippen molar-refractivity contribution < 1.29 is 0 Å². The van der Waals surface area contributed by atoms with Crippen LogP contribution in [0.5, 0.6) is 0 Å². The van der Waals surface area contributed by atoms with E-state index < -0.39 is 0 Å². The fourth-order valence-corrected chi connectivity index (χ4v) is 13.3. The number of fused-ring (bicyclic) bond motifs is 4. The molecule has 1 aromatic heterocycles. The third kappa shape index (κ3) is 9.50. The number of para-hydroxylation sites is 5. The number of hydrogen-bond acceptors (Lipinski definition) is 3. The summed E-state index contributed by atoms with van der Waals surface area (Å²) in [5.74, 6) is 0.856. The molecule has 15 rings (SSSR count). The Bertz CT molecular complexity index is 4970. The van der Waals surface area contributed by atoms with Gasteiger partial charge >= 0.3 is 0 Å². The van der Waals surface area contributed by atoms with E-state index in [-0.39, 0.29) is 0 Å². The molecule has 0 amide bonds. The molecule has 0 bridgehead atoms. The van der Waals surface area contributed by atoms with Crippen molar-refractivity contribution in [3.63, 3.8) is 0 Å². The molecular weight excluding hydrogens is 1060 g/mol. The average Bonchev–Trinajstić information content (AvgIpc) is 0.910. The maximum atomic E-state index is 5.27. The molecule has 15 aromatic rings. The van der Waals surface area contributed by atoms with Gasteiger partial charge < -0.3 is 9.80 Å². The zero-order valence-electron chi connectivity index (χ0n) is 48.8. The van der Waals surface area contributed by atoms with Crippen molar-refractivity contribution in [3.05, 3.63) is 339 Å². The molecule has 4 heteroatoms. The van der Waals surface area contributed by atoms with Crippen molar-refractivity contribution in [2.24, 2.45) is 0 Å². The van der Waals surface area contributed by atoms with Crippen molar-refractivity contribution in [2.45, 2.75) is 6.92 Å². The molecule has 0 radical (unpaired) electrons. The highest BCUT2D eigenvalue weighted by Crippen LogP contribution is 2.50. The number of allylic oxidation sites excluding steroid dienone is 1. The van der Waals surface area contributed by atoms with E-state index in [1.54, 1.807) is 0 Å². The van der Waals surface area contributed by atoms with Gasteiger partial charge in [0.25, 0.3) is 0 Å². The molecule has 14 aromatic carbocycles. The third-order valence-electron chi connectivity index (χ3n) is 17.0. The SMILES string of the molecule is C=Cc1nc(-c2cccc(-c3c4ccccc4c(-c4ccc5c(-c6cccc(N(c7ccccc7)c7ccccc7)c6)c6ccccc6c(-c6cccc(N(c7ccccc7)c7ccccc7)c6)c5c4)c4ccccc34)c2)n(-c2ccccc2)c1/C=C\C. The van der Waals surface area contributed by atoms with Crippen LogP contribution in [0, 0.1) is 0 Å². The first-order valence-corrected chi connectivity index (χ1v) is 30.1. The van der Waals surface area contributed by atoms with Crippen LogP contribution in [0.15, 0.2) is 328 Å². The molecule has 4 nitrogen and oxygen atoms in total. The number of hydrogen-bond donors (Lipinski definition) is 0. The smallest absolute Gasteiger partial charge is 0.145 e. The van der Waals surface area contributed by atoms with Crippen LogP contribution < -0.4 is 9.80 Å². The summed E-state index contributed by atoms with van der Waals surface area (Å²) in [6.45, 7) is 6.24. The minimum atomic E-state index is 0.835. The molecule has 1 heterocycles. The molecule has 0 saturated carbocycles. The van der Waals surface area contributed by atoms with Crippen LogP contribution in [0.2, 0.25) is 0 Å². The summed E-state index contributed by atoms with van der Waals surface area (Å²) in [5, 5.41) is 9.39. The second-order valence-electron chi connectivity index (χ2n) is 22.2. The minimum absolute atomic E-state index is 0.835. The van der Waals surface area contributed by atoms with Crippen LogP contribution >= 0.6 is 0 Å². The zero-order chi connectivity index (χ0) is 58.9. The summed E-state index contributed by atoms with van der Waals surface area (Å²) < 4.78 is 2.25. The van der Waals surface area contributed by atoms with E-state index in [0.717, 1.165) is 90.2 Å². The monoisotopic (exact) mass is 1120 g/mol. The average molecular weight is 1130 g/mol. The lowest BCUT2D eigenvalue weighted by molar-refractivity contribution is 1.05. The molecule has 0 aliphatic carbocycles. The lowest BCUT2D eigenvalue weighted by Gasteiger charge is -2.27. The molecule has 416 valence electrons. The largest absolute Gasteiger partial charge is 0.310 e. The van der Waals surface area contributed by atoms with E-state index in [0.29, 0.717) is 0 Å². The maximum absolute atomic E-state index is 5.27. The maximum Gasteiger partial charge on any atom is 0.145 e. The standard InChI is InChI=1S/C84H60N4/c1-3-29-79-78(4-2)85-84(88(79)67-42-18-9-19-43-67)62-33-26-30-58(54-62)80-70-46-20-22-48-72(70)82(73-49-23-21-47-71(73)80)61-52-53-76-77(57-61)83(60-32-28-45-69(56-60)87(65-38-14-7-15-39-65)66-40-16-8-17-41-66)75-51-25-24-50-74(75)81(76)59-31-27-44-68(55-59)86(63-34-10-5-11-35-63)64-36-12-6-13-37-64/h3-57H,2H2,1H3/b29-3-. The summed E-state index contributed by atoms with van der Waals surface area (Å²) in [5.41, 5.74) is 19.6. The Morgan fingerprint density at radius 2 is 0.636 bits per heavy atom. The topological polar surface area (TPSA) is 24.3 Å². The summed E-state index contributed by atoms with van der Waals surface area (Å²) in [4.78, 5) is 9.98. The van der Waals surface area contributed by atoms with Gasteiger partial charge in [-0.05, 0) is 204 Å². The lowest BCUT2D eigenvalue weighted by atomic mass is 9.82. The van der Waals surface area contributed by atoms with Gasteiger partial charge in [0.1, 0.15) is 5.82 Å². The highest BCUT2D eigenvalue weighted by molar-refractivity contribution is 6.25. The number of imidazole rings is 1. The van der Waals surface area contributed by atoms with E-state index in [9.17, 15) is 0 Å². The van der Waals surface area contributed by atoms with E-state index in [1.165, 1.54) is 60.0 Å².